The number of carbonyl (C=O) groups excluding carboxylic acids is 1. The third-order valence-corrected chi connectivity index (χ3v) is 3.38. The van der Waals surface area contributed by atoms with Crippen molar-refractivity contribution in [2.24, 2.45) is 7.05 Å². The largest absolute Gasteiger partial charge is 0.408 e. The lowest BCUT2D eigenvalue weighted by molar-refractivity contribution is -0.142. The van der Waals surface area contributed by atoms with E-state index < -0.39 is 18.8 Å². The van der Waals surface area contributed by atoms with E-state index in [4.69, 9.17) is 0 Å². The van der Waals surface area contributed by atoms with Gasteiger partial charge in [0.2, 0.25) is 0 Å². The zero-order valence-electron chi connectivity index (χ0n) is 12.6. The summed E-state index contributed by atoms with van der Waals surface area (Å²) in [7, 11) is 1.89. The third kappa shape index (κ3) is 3.67. The number of hydrogen-bond acceptors (Lipinski definition) is 2. The number of halogens is 3. The minimum Gasteiger partial charge on any atom is -0.350 e. The quantitative estimate of drug-likeness (QED) is 0.767. The predicted molar refractivity (Wildman–Crippen MR) is 83.8 cm³/mol. The number of aryl methyl sites for hydroxylation is 1. The highest BCUT2D eigenvalue weighted by Crippen LogP contribution is 2.20. The van der Waals surface area contributed by atoms with Crippen molar-refractivity contribution in [3.8, 4) is 0 Å². The molecule has 0 aliphatic heterocycles. The van der Waals surface area contributed by atoms with Gasteiger partial charge >= 0.3 is 12.2 Å². The zero-order valence-corrected chi connectivity index (χ0v) is 12.6. The summed E-state index contributed by atoms with van der Waals surface area (Å²) in [5.41, 5.74) is 1.70. The van der Waals surface area contributed by atoms with Crippen molar-refractivity contribution < 1.29 is 18.0 Å². The highest BCUT2D eigenvalue weighted by Gasteiger charge is 2.28. The molecule has 0 saturated carbocycles. The molecule has 0 bridgehead atoms. The molecule has 0 radical (unpaired) electrons. The van der Waals surface area contributed by atoms with E-state index in [1.165, 1.54) is 0 Å². The van der Waals surface area contributed by atoms with Gasteiger partial charge < -0.3 is 15.2 Å². The number of urea groups is 1. The topological polar surface area (TPSA) is 63.9 Å². The fourth-order valence-electron chi connectivity index (χ4n) is 2.33. The van der Waals surface area contributed by atoms with Crippen LogP contribution in [-0.2, 0) is 13.6 Å². The van der Waals surface area contributed by atoms with Crippen LogP contribution in [0, 0.1) is 0 Å². The highest BCUT2D eigenvalue weighted by molar-refractivity contribution is 6.00. The van der Waals surface area contributed by atoms with Gasteiger partial charge in [0.25, 0.3) is 0 Å². The monoisotopic (exact) mass is 337 g/mol. The zero-order chi connectivity index (χ0) is 17.3. The molecule has 3 aromatic rings. The van der Waals surface area contributed by atoms with Crippen LogP contribution >= 0.6 is 0 Å². The Kier molecular flexibility index (Phi) is 3.92. The standard InChI is InChI=1S/C15H14F3N5O/c1-22-5-4-10-2-3-11(6-13(10)22)20-14(24)21-12-7-19-23(8-12)9-15(16,17)18/h2-8H,9H2,1H3,(H2,20,21,24). The number of nitrogens with zero attached hydrogens (tertiary/aromatic N) is 3. The van der Waals surface area contributed by atoms with Crippen molar-refractivity contribution in [3.05, 3.63) is 42.9 Å². The average Bonchev–Trinajstić information content (AvgIpc) is 3.04. The number of alkyl halides is 3. The number of hydrogen-bond donors (Lipinski definition) is 2. The average molecular weight is 337 g/mol. The van der Waals surface area contributed by atoms with E-state index in [1.807, 2.05) is 36.0 Å². The second kappa shape index (κ2) is 5.91. The first-order valence-corrected chi connectivity index (χ1v) is 7.02. The van der Waals surface area contributed by atoms with E-state index >= 15 is 0 Å². The molecule has 24 heavy (non-hydrogen) atoms. The van der Waals surface area contributed by atoms with E-state index in [9.17, 15) is 18.0 Å². The molecule has 9 heteroatoms. The summed E-state index contributed by atoms with van der Waals surface area (Å²) in [4.78, 5) is 11.9. The number of amides is 2. The molecule has 0 aliphatic carbocycles. The number of nitrogens with one attached hydrogen (secondary N) is 2. The van der Waals surface area contributed by atoms with E-state index in [0.29, 0.717) is 10.4 Å². The van der Waals surface area contributed by atoms with Crippen LogP contribution in [0.3, 0.4) is 0 Å². The summed E-state index contributed by atoms with van der Waals surface area (Å²) in [6.07, 6.45) is -0.182. The lowest BCUT2D eigenvalue weighted by atomic mass is 10.2. The van der Waals surface area contributed by atoms with Gasteiger partial charge in [-0.15, -0.1) is 0 Å². The number of benzene rings is 1. The highest BCUT2D eigenvalue weighted by atomic mass is 19.4. The van der Waals surface area contributed by atoms with Crippen LogP contribution in [0.4, 0.5) is 29.3 Å². The summed E-state index contributed by atoms with van der Waals surface area (Å²) >= 11 is 0. The smallest absolute Gasteiger partial charge is 0.350 e. The molecule has 2 N–H and O–H groups in total. The maximum absolute atomic E-state index is 12.3. The van der Waals surface area contributed by atoms with Crippen molar-refractivity contribution in [1.82, 2.24) is 14.3 Å². The van der Waals surface area contributed by atoms with Crippen LogP contribution in [0.2, 0.25) is 0 Å². The SMILES string of the molecule is Cn1ccc2ccc(NC(=O)Nc3cnn(CC(F)(F)F)c3)cc21. The Bertz CT molecular complexity index is 881. The molecular weight excluding hydrogens is 323 g/mol. The Morgan fingerprint density at radius 2 is 1.96 bits per heavy atom. The van der Waals surface area contributed by atoms with E-state index in [0.717, 1.165) is 23.3 Å². The van der Waals surface area contributed by atoms with Gasteiger partial charge in [-0.1, -0.05) is 6.07 Å². The Morgan fingerprint density at radius 1 is 1.21 bits per heavy atom. The Morgan fingerprint density at radius 3 is 2.71 bits per heavy atom. The van der Waals surface area contributed by atoms with Crippen molar-refractivity contribution in [2.75, 3.05) is 10.6 Å². The molecule has 6 nitrogen and oxygen atoms in total. The van der Waals surface area contributed by atoms with E-state index in [1.54, 1.807) is 6.07 Å². The summed E-state index contributed by atoms with van der Waals surface area (Å²) in [5.74, 6) is 0. The van der Waals surface area contributed by atoms with Crippen LogP contribution < -0.4 is 10.6 Å². The Hall–Kier alpha value is -2.97. The summed E-state index contributed by atoms with van der Waals surface area (Å²) in [6.45, 7) is -1.21. The molecule has 1 aromatic carbocycles. The van der Waals surface area contributed by atoms with Gasteiger partial charge in [-0.2, -0.15) is 18.3 Å². The lowest BCUT2D eigenvalue weighted by Gasteiger charge is -2.07. The third-order valence-electron chi connectivity index (χ3n) is 3.38. The number of fused-ring (bicyclic) bond motifs is 1. The van der Waals surface area contributed by atoms with Gasteiger partial charge in [0.05, 0.1) is 11.9 Å². The fraction of sp³-hybridized carbons (Fsp3) is 0.200. The molecule has 0 atom stereocenters. The van der Waals surface area contributed by atoms with Gasteiger partial charge in [-0.05, 0) is 23.6 Å². The second-order valence-corrected chi connectivity index (χ2v) is 5.32. The molecule has 2 heterocycles. The maximum atomic E-state index is 12.3. The minimum absolute atomic E-state index is 0.177. The molecule has 0 spiro atoms. The molecule has 2 amide bonds. The Balaban J connectivity index is 1.65. The maximum Gasteiger partial charge on any atom is 0.408 e. The first kappa shape index (κ1) is 15.9. The number of aromatic nitrogens is 3. The number of rotatable bonds is 3. The van der Waals surface area contributed by atoms with Crippen LogP contribution in [0.15, 0.2) is 42.9 Å². The summed E-state index contributed by atoms with van der Waals surface area (Å²) in [6, 6.07) is 6.81. The van der Waals surface area contributed by atoms with Crippen molar-refractivity contribution >= 4 is 28.3 Å². The first-order valence-electron chi connectivity index (χ1n) is 7.02. The predicted octanol–water partition coefficient (Wildman–Crippen LogP) is 3.58. The minimum atomic E-state index is -4.37. The molecule has 126 valence electrons. The van der Waals surface area contributed by atoms with Crippen LogP contribution in [-0.4, -0.2) is 26.6 Å². The van der Waals surface area contributed by atoms with Crippen molar-refractivity contribution in [1.29, 1.82) is 0 Å². The van der Waals surface area contributed by atoms with Gasteiger partial charge in [0.15, 0.2) is 0 Å². The van der Waals surface area contributed by atoms with Gasteiger partial charge in [-0.3, -0.25) is 4.68 Å². The fourth-order valence-corrected chi connectivity index (χ4v) is 2.33. The Labute approximate surface area is 134 Å². The van der Waals surface area contributed by atoms with Crippen molar-refractivity contribution in [2.45, 2.75) is 12.7 Å². The molecule has 0 fully saturated rings. The molecule has 0 unspecified atom stereocenters. The van der Waals surface area contributed by atoms with Crippen LogP contribution in [0.1, 0.15) is 0 Å². The van der Waals surface area contributed by atoms with Crippen LogP contribution in [0.25, 0.3) is 10.9 Å². The molecule has 3 rings (SSSR count). The summed E-state index contributed by atoms with van der Waals surface area (Å²) < 4.78 is 39.4. The van der Waals surface area contributed by atoms with E-state index in [2.05, 4.69) is 15.7 Å². The van der Waals surface area contributed by atoms with Gasteiger partial charge in [-0.25, -0.2) is 4.79 Å². The van der Waals surface area contributed by atoms with Gasteiger partial charge in [0, 0.05) is 30.6 Å². The number of anilines is 2. The first-order chi connectivity index (χ1) is 11.3. The molecule has 0 aliphatic rings. The molecule has 0 saturated heterocycles. The van der Waals surface area contributed by atoms with Crippen molar-refractivity contribution in [3.63, 3.8) is 0 Å². The normalized spacial score (nSPS) is 11.7. The summed E-state index contributed by atoms with van der Waals surface area (Å²) in [5, 5.41) is 9.68. The molecule has 2 aromatic heterocycles. The molecular formula is C15H14F3N5O. The number of carbonyl (C=O) groups is 1. The van der Waals surface area contributed by atoms with E-state index in [-0.39, 0.29) is 5.69 Å². The lowest BCUT2D eigenvalue weighted by Crippen LogP contribution is -2.19. The van der Waals surface area contributed by atoms with Gasteiger partial charge in [0.1, 0.15) is 6.54 Å². The second-order valence-electron chi connectivity index (χ2n) is 5.32. The van der Waals surface area contributed by atoms with Crippen LogP contribution in [0.5, 0.6) is 0 Å².